The number of methoxy groups -OCH3 is 1. The van der Waals surface area contributed by atoms with Gasteiger partial charge in [-0.15, -0.1) is 0 Å². The molecule has 0 saturated heterocycles. The molecule has 0 spiro atoms. The lowest BCUT2D eigenvalue weighted by Gasteiger charge is -2.08. The molecule has 0 amide bonds. The largest absolute Gasteiger partial charge is 0.492 e. The highest BCUT2D eigenvalue weighted by atomic mass is 79.9. The minimum Gasteiger partial charge on any atom is -0.492 e. The van der Waals surface area contributed by atoms with Crippen LogP contribution in [0.4, 0.5) is 17.6 Å². The van der Waals surface area contributed by atoms with Crippen molar-refractivity contribution in [2.24, 2.45) is 0 Å². The Morgan fingerprint density at radius 2 is 1.86 bits per heavy atom. The van der Waals surface area contributed by atoms with Crippen LogP contribution in [0.2, 0.25) is 0 Å². The molecule has 2 aromatic rings. The van der Waals surface area contributed by atoms with Crippen LogP contribution in [0.5, 0.6) is 5.75 Å². The Hall–Kier alpha value is -1.57. The van der Waals surface area contributed by atoms with Gasteiger partial charge >= 0.3 is 6.18 Å². The van der Waals surface area contributed by atoms with Gasteiger partial charge < -0.3 is 9.72 Å². The molecule has 0 atom stereocenters. The van der Waals surface area contributed by atoms with E-state index in [1.54, 1.807) is 0 Å². The van der Waals surface area contributed by atoms with Gasteiger partial charge in [-0.05, 0) is 28.1 Å². The Balaban J connectivity index is 0.00000106. The Bertz CT molecular complexity index is 611. The molecule has 1 heterocycles. The van der Waals surface area contributed by atoms with E-state index in [4.69, 9.17) is 4.74 Å². The molecule has 0 unspecified atom stereocenters. The zero-order chi connectivity index (χ0) is 16.2. The normalized spacial score (nSPS) is 10.9. The standard InChI is InChI=1S/C11H7BrF4N2O.C2H6/c1-19-9-6(12)3-2-5(8(9)13)10-17-4-7(18-10)11(14,15)16;1-2/h2-4H,1H3,(H,17,18);1-2H3. The average molecular weight is 369 g/mol. The number of benzene rings is 1. The summed E-state index contributed by atoms with van der Waals surface area (Å²) in [6.07, 6.45) is -3.94. The second-order valence-electron chi connectivity index (χ2n) is 3.59. The number of nitrogens with zero attached hydrogens (tertiary/aromatic N) is 1. The van der Waals surface area contributed by atoms with E-state index in [0.717, 1.165) is 0 Å². The van der Waals surface area contributed by atoms with Crippen molar-refractivity contribution in [1.29, 1.82) is 0 Å². The number of rotatable bonds is 2. The maximum absolute atomic E-state index is 14.0. The van der Waals surface area contributed by atoms with Crippen molar-refractivity contribution in [2.45, 2.75) is 20.0 Å². The molecule has 0 fully saturated rings. The highest BCUT2D eigenvalue weighted by Crippen LogP contribution is 2.35. The van der Waals surface area contributed by atoms with E-state index in [1.165, 1.54) is 19.2 Å². The van der Waals surface area contributed by atoms with Crippen LogP contribution in [0, 0.1) is 5.82 Å². The van der Waals surface area contributed by atoms with Crippen LogP contribution in [0.15, 0.2) is 22.8 Å². The number of alkyl halides is 3. The second kappa shape index (κ2) is 6.93. The molecule has 0 saturated carbocycles. The van der Waals surface area contributed by atoms with Crippen LogP contribution >= 0.6 is 15.9 Å². The Labute approximate surface area is 127 Å². The minimum absolute atomic E-state index is 0.0949. The number of aromatic amines is 1. The summed E-state index contributed by atoms with van der Waals surface area (Å²) in [4.78, 5) is 5.57. The number of halogens is 5. The molecule has 0 aliphatic carbocycles. The van der Waals surface area contributed by atoms with E-state index in [-0.39, 0.29) is 17.1 Å². The van der Waals surface area contributed by atoms with Crippen LogP contribution in [0.3, 0.4) is 0 Å². The molecule has 21 heavy (non-hydrogen) atoms. The van der Waals surface area contributed by atoms with Crippen molar-refractivity contribution in [1.82, 2.24) is 9.97 Å². The summed E-state index contributed by atoms with van der Waals surface area (Å²) < 4.78 is 56.5. The fourth-order valence-electron chi connectivity index (χ4n) is 1.50. The summed E-state index contributed by atoms with van der Waals surface area (Å²) in [5, 5.41) is 0. The Morgan fingerprint density at radius 1 is 1.24 bits per heavy atom. The van der Waals surface area contributed by atoms with Gasteiger partial charge in [0.05, 0.1) is 23.3 Å². The number of H-pyrrole nitrogens is 1. The molecular weight excluding hydrogens is 356 g/mol. The Morgan fingerprint density at radius 3 is 2.33 bits per heavy atom. The van der Waals surface area contributed by atoms with Gasteiger partial charge in [0.2, 0.25) is 0 Å². The van der Waals surface area contributed by atoms with Crippen LogP contribution < -0.4 is 4.74 Å². The zero-order valence-electron chi connectivity index (χ0n) is 11.5. The van der Waals surface area contributed by atoms with Gasteiger partial charge in [0, 0.05) is 0 Å². The first-order valence-corrected chi connectivity index (χ1v) is 6.78. The smallest absolute Gasteiger partial charge is 0.432 e. The summed E-state index contributed by atoms with van der Waals surface area (Å²) in [6, 6.07) is 2.77. The zero-order valence-corrected chi connectivity index (χ0v) is 13.1. The first-order chi connectivity index (χ1) is 9.84. The highest BCUT2D eigenvalue weighted by molar-refractivity contribution is 9.10. The SMILES string of the molecule is CC.COc1c(Br)ccc(-c2ncc(C(F)(F)F)[nH]2)c1F. The average Bonchev–Trinajstić information content (AvgIpc) is 2.91. The van der Waals surface area contributed by atoms with Gasteiger partial charge in [-0.2, -0.15) is 13.2 Å². The molecule has 1 N–H and O–H groups in total. The first kappa shape index (κ1) is 17.5. The van der Waals surface area contributed by atoms with Crippen molar-refractivity contribution in [2.75, 3.05) is 7.11 Å². The second-order valence-corrected chi connectivity index (χ2v) is 4.44. The van der Waals surface area contributed by atoms with Gasteiger partial charge in [-0.25, -0.2) is 9.37 Å². The summed E-state index contributed by atoms with van der Waals surface area (Å²) in [5.74, 6) is -1.10. The van der Waals surface area contributed by atoms with E-state index in [2.05, 4.69) is 20.9 Å². The molecule has 1 aromatic carbocycles. The van der Waals surface area contributed by atoms with Gasteiger partial charge in [-0.1, -0.05) is 13.8 Å². The molecule has 0 aliphatic rings. The van der Waals surface area contributed by atoms with Gasteiger partial charge in [0.15, 0.2) is 11.6 Å². The number of hydrogen-bond donors (Lipinski definition) is 1. The molecule has 3 nitrogen and oxygen atoms in total. The summed E-state index contributed by atoms with van der Waals surface area (Å²) >= 11 is 3.08. The van der Waals surface area contributed by atoms with Crippen molar-refractivity contribution < 1.29 is 22.3 Å². The van der Waals surface area contributed by atoms with Gasteiger partial charge in [0.1, 0.15) is 11.5 Å². The van der Waals surface area contributed by atoms with E-state index in [1.807, 2.05) is 18.8 Å². The molecule has 0 radical (unpaired) electrons. The third-order valence-electron chi connectivity index (χ3n) is 2.39. The Kier molecular flexibility index (Phi) is 5.77. The summed E-state index contributed by atoms with van der Waals surface area (Å²) in [5.41, 5.74) is -1.14. The van der Waals surface area contributed by atoms with E-state index < -0.39 is 17.7 Å². The molecular formula is C13H13BrF4N2O. The molecule has 116 valence electrons. The summed E-state index contributed by atoms with van der Waals surface area (Å²) in [6.45, 7) is 4.00. The van der Waals surface area contributed by atoms with E-state index >= 15 is 0 Å². The predicted molar refractivity (Wildman–Crippen MR) is 74.6 cm³/mol. The number of nitrogens with one attached hydrogen (secondary N) is 1. The third-order valence-corrected chi connectivity index (χ3v) is 3.01. The molecule has 2 rings (SSSR count). The third kappa shape index (κ3) is 3.75. The topological polar surface area (TPSA) is 37.9 Å². The number of hydrogen-bond acceptors (Lipinski definition) is 2. The molecule has 0 aliphatic heterocycles. The molecule has 8 heteroatoms. The van der Waals surface area contributed by atoms with E-state index in [0.29, 0.717) is 10.7 Å². The van der Waals surface area contributed by atoms with Gasteiger partial charge in [-0.3, -0.25) is 0 Å². The lowest BCUT2D eigenvalue weighted by molar-refractivity contribution is -0.140. The van der Waals surface area contributed by atoms with Crippen molar-refractivity contribution in [3.05, 3.63) is 34.3 Å². The van der Waals surface area contributed by atoms with Crippen molar-refractivity contribution in [3.8, 4) is 17.1 Å². The lowest BCUT2D eigenvalue weighted by atomic mass is 10.2. The number of aromatic nitrogens is 2. The van der Waals surface area contributed by atoms with Crippen LogP contribution in [0.25, 0.3) is 11.4 Å². The fourth-order valence-corrected chi connectivity index (χ4v) is 1.97. The predicted octanol–water partition coefficient (Wildman–Crippen LogP) is 5.03. The quantitative estimate of drug-likeness (QED) is 0.754. The number of imidazole rings is 1. The fraction of sp³-hybridized carbons (Fsp3) is 0.308. The monoisotopic (exact) mass is 368 g/mol. The lowest BCUT2D eigenvalue weighted by Crippen LogP contribution is -2.05. The van der Waals surface area contributed by atoms with Crippen LogP contribution in [0.1, 0.15) is 19.5 Å². The van der Waals surface area contributed by atoms with Crippen LogP contribution in [-0.2, 0) is 6.18 Å². The van der Waals surface area contributed by atoms with Gasteiger partial charge in [0.25, 0.3) is 0 Å². The maximum Gasteiger partial charge on any atom is 0.432 e. The molecule has 1 aromatic heterocycles. The number of ether oxygens (including phenoxy) is 1. The van der Waals surface area contributed by atoms with E-state index in [9.17, 15) is 17.6 Å². The maximum atomic E-state index is 14.0. The minimum atomic E-state index is -4.55. The first-order valence-electron chi connectivity index (χ1n) is 5.99. The van der Waals surface area contributed by atoms with Crippen molar-refractivity contribution in [3.63, 3.8) is 0 Å². The highest BCUT2D eigenvalue weighted by Gasteiger charge is 2.33. The van der Waals surface area contributed by atoms with Crippen molar-refractivity contribution >= 4 is 15.9 Å². The van der Waals surface area contributed by atoms with Crippen LogP contribution in [-0.4, -0.2) is 17.1 Å². The molecule has 0 bridgehead atoms. The summed E-state index contributed by atoms with van der Waals surface area (Å²) in [7, 11) is 1.26.